The number of nitrogens with one attached hydrogen (secondary N) is 1. The van der Waals surface area contributed by atoms with E-state index < -0.39 is 16.3 Å². The summed E-state index contributed by atoms with van der Waals surface area (Å²) in [6.45, 7) is 1.72. The van der Waals surface area contributed by atoms with E-state index in [1.807, 2.05) is 78.9 Å². The lowest BCUT2D eigenvalue weighted by Gasteiger charge is -2.38. The highest BCUT2D eigenvalue weighted by molar-refractivity contribution is 7.89. The van der Waals surface area contributed by atoms with Crippen LogP contribution in [0.1, 0.15) is 46.6 Å². The minimum Gasteiger partial charge on any atom is -0.392 e. The van der Waals surface area contributed by atoms with Crippen molar-refractivity contribution in [1.82, 2.24) is 9.62 Å². The van der Waals surface area contributed by atoms with Crippen LogP contribution in [0.15, 0.2) is 138 Å². The van der Waals surface area contributed by atoms with Gasteiger partial charge in [-0.3, -0.25) is 4.90 Å². The largest absolute Gasteiger partial charge is 0.392 e. The fourth-order valence-corrected chi connectivity index (χ4v) is 7.00. The van der Waals surface area contributed by atoms with Crippen molar-refractivity contribution >= 4 is 10.0 Å². The SMILES string of the molecule is CN(Cc1ccccc1)C[C@H]1C[C@@H](c2ccc(CO)cc2)O[C@@H](c2ccc(-c3ccccc3CNS(=O)(=O)c3ccccc3)cc2)O1. The Labute approximate surface area is 277 Å². The molecule has 5 aromatic carbocycles. The van der Waals surface area contributed by atoms with Crippen LogP contribution in [0.25, 0.3) is 11.1 Å². The quantitative estimate of drug-likeness (QED) is 0.152. The third kappa shape index (κ3) is 8.42. The van der Waals surface area contributed by atoms with Gasteiger partial charge >= 0.3 is 0 Å². The van der Waals surface area contributed by atoms with Gasteiger partial charge in [-0.05, 0) is 52.6 Å². The van der Waals surface area contributed by atoms with Crippen LogP contribution in [0.5, 0.6) is 0 Å². The molecule has 1 fully saturated rings. The second kappa shape index (κ2) is 15.2. The molecule has 1 saturated heterocycles. The monoisotopic (exact) mass is 648 g/mol. The van der Waals surface area contributed by atoms with Crippen molar-refractivity contribution in [2.45, 2.75) is 49.5 Å². The number of hydrogen-bond donors (Lipinski definition) is 2. The van der Waals surface area contributed by atoms with Gasteiger partial charge in [-0.2, -0.15) is 0 Å². The van der Waals surface area contributed by atoms with E-state index in [1.165, 1.54) is 5.56 Å². The first kappa shape index (κ1) is 32.8. The fourth-order valence-electron chi connectivity index (χ4n) is 5.97. The minimum absolute atomic E-state index is 0.00117. The van der Waals surface area contributed by atoms with Crippen LogP contribution in [0, 0.1) is 0 Å². The maximum Gasteiger partial charge on any atom is 0.240 e. The molecule has 1 heterocycles. The Bertz CT molecular complexity index is 1830. The van der Waals surface area contributed by atoms with E-state index in [2.05, 4.69) is 40.9 Å². The molecule has 0 spiro atoms. The fraction of sp³-hybridized carbons (Fsp3) is 0.231. The lowest BCUT2D eigenvalue weighted by molar-refractivity contribution is -0.252. The average Bonchev–Trinajstić information content (AvgIpc) is 3.11. The molecule has 0 aromatic heterocycles. The molecule has 8 heteroatoms. The Balaban J connectivity index is 1.19. The van der Waals surface area contributed by atoms with Gasteiger partial charge in [0.25, 0.3) is 0 Å². The zero-order chi connectivity index (χ0) is 32.6. The lowest BCUT2D eigenvalue weighted by atomic mass is 9.97. The summed E-state index contributed by atoms with van der Waals surface area (Å²) in [7, 11) is -1.53. The van der Waals surface area contributed by atoms with Crippen molar-refractivity contribution in [2.24, 2.45) is 0 Å². The Morgan fingerprint density at radius 2 is 1.38 bits per heavy atom. The second-order valence-corrected chi connectivity index (χ2v) is 13.7. The Morgan fingerprint density at radius 1 is 0.745 bits per heavy atom. The summed E-state index contributed by atoms with van der Waals surface area (Å²) in [5, 5.41) is 9.54. The molecule has 47 heavy (non-hydrogen) atoms. The van der Waals surface area contributed by atoms with Crippen LogP contribution >= 0.6 is 0 Å². The van der Waals surface area contributed by atoms with Crippen molar-refractivity contribution in [3.05, 3.63) is 161 Å². The summed E-state index contributed by atoms with van der Waals surface area (Å²) in [6.07, 6.45) is -0.0978. The third-order valence-corrected chi connectivity index (χ3v) is 9.86. The highest BCUT2D eigenvalue weighted by atomic mass is 32.2. The number of ether oxygens (including phenoxy) is 2. The van der Waals surface area contributed by atoms with Crippen LogP contribution in [-0.2, 0) is 39.2 Å². The molecule has 1 aliphatic rings. The number of rotatable bonds is 12. The van der Waals surface area contributed by atoms with Crippen molar-refractivity contribution in [3.63, 3.8) is 0 Å². The summed E-state index contributed by atoms with van der Waals surface area (Å²) in [5.74, 6) is 0. The second-order valence-electron chi connectivity index (χ2n) is 11.9. The average molecular weight is 649 g/mol. The standard InChI is InChI=1S/C39H40N2O5S/c1-41(26-29-10-4-2-5-11-29)27-35-24-38(32-18-16-30(28-42)17-19-32)46-39(45-35)33-22-20-31(21-23-33)37-15-9-8-12-34(37)25-40-47(43,44)36-13-6-3-7-14-36/h2-23,35,38-40,42H,24-28H2,1H3/t35-,38+,39+/m1/s1. The number of sulfonamides is 1. The molecule has 0 unspecified atom stereocenters. The van der Waals surface area contributed by atoms with Crippen LogP contribution in [0.4, 0.5) is 0 Å². The van der Waals surface area contributed by atoms with Crippen LogP contribution in [-0.4, -0.2) is 38.1 Å². The zero-order valence-electron chi connectivity index (χ0n) is 26.4. The molecule has 6 rings (SSSR count). The normalized spacial score (nSPS) is 18.3. The molecule has 0 bridgehead atoms. The maximum absolute atomic E-state index is 12.9. The number of aliphatic hydroxyl groups excluding tert-OH is 1. The van der Waals surface area contributed by atoms with Crippen molar-refractivity contribution in [3.8, 4) is 11.1 Å². The molecule has 1 aliphatic heterocycles. The first-order valence-electron chi connectivity index (χ1n) is 15.8. The molecule has 2 N–H and O–H groups in total. The van der Waals surface area contributed by atoms with Gasteiger partial charge in [-0.15, -0.1) is 0 Å². The summed E-state index contributed by atoms with van der Waals surface area (Å²) < 4.78 is 41.6. The van der Waals surface area contributed by atoms with E-state index in [4.69, 9.17) is 9.47 Å². The van der Waals surface area contributed by atoms with E-state index in [9.17, 15) is 13.5 Å². The molecule has 5 aromatic rings. The number of hydrogen-bond acceptors (Lipinski definition) is 6. The molecule has 7 nitrogen and oxygen atoms in total. The molecule has 0 aliphatic carbocycles. The van der Waals surface area contributed by atoms with E-state index in [1.54, 1.807) is 30.3 Å². The van der Waals surface area contributed by atoms with Crippen molar-refractivity contribution < 1.29 is 23.0 Å². The summed E-state index contributed by atoms with van der Waals surface area (Å²) >= 11 is 0. The van der Waals surface area contributed by atoms with Crippen LogP contribution in [0.3, 0.4) is 0 Å². The summed E-state index contributed by atoms with van der Waals surface area (Å²) in [5.41, 5.74) is 6.85. The highest BCUT2D eigenvalue weighted by Crippen LogP contribution is 2.39. The molecule has 0 amide bonds. The predicted octanol–water partition coefficient (Wildman–Crippen LogP) is 7.00. The van der Waals surface area contributed by atoms with Crippen molar-refractivity contribution in [2.75, 3.05) is 13.6 Å². The van der Waals surface area contributed by atoms with Gasteiger partial charge in [0.15, 0.2) is 6.29 Å². The van der Waals surface area contributed by atoms with E-state index in [0.717, 1.165) is 46.5 Å². The summed E-state index contributed by atoms with van der Waals surface area (Å²) in [4.78, 5) is 2.52. The van der Waals surface area contributed by atoms with Crippen LogP contribution in [0.2, 0.25) is 0 Å². The summed E-state index contributed by atoms with van der Waals surface area (Å²) in [6, 6.07) is 42.6. The Morgan fingerprint density at radius 3 is 2.09 bits per heavy atom. The molecular weight excluding hydrogens is 609 g/mol. The Hall–Kier alpha value is -4.15. The Kier molecular flexibility index (Phi) is 10.6. The van der Waals surface area contributed by atoms with Gasteiger partial charge in [-0.25, -0.2) is 13.1 Å². The molecule has 0 saturated carbocycles. The van der Waals surface area contributed by atoms with Gasteiger partial charge in [0.1, 0.15) is 0 Å². The molecular formula is C39H40N2O5S. The molecule has 0 radical (unpaired) electrons. The zero-order valence-corrected chi connectivity index (χ0v) is 27.2. The van der Waals surface area contributed by atoms with E-state index >= 15 is 0 Å². The van der Waals surface area contributed by atoms with Gasteiger partial charge in [0.2, 0.25) is 10.0 Å². The van der Waals surface area contributed by atoms with E-state index in [0.29, 0.717) is 6.42 Å². The van der Waals surface area contributed by atoms with E-state index in [-0.39, 0.29) is 30.3 Å². The number of benzene rings is 5. The predicted molar refractivity (Wildman–Crippen MR) is 184 cm³/mol. The first-order chi connectivity index (χ1) is 22.9. The molecule has 242 valence electrons. The van der Waals surface area contributed by atoms with Crippen molar-refractivity contribution in [1.29, 1.82) is 0 Å². The van der Waals surface area contributed by atoms with Gasteiger partial charge in [0, 0.05) is 31.6 Å². The van der Waals surface area contributed by atoms with Crippen LogP contribution < -0.4 is 4.72 Å². The third-order valence-electron chi connectivity index (χ3n) is 8.44. The topological polar surface area (TPSA) is 88.1 Å². The lowest BCUT2D eigenvalue weighted by Crippen LogP contribution is -2.37. The maximum atomic E-state index is 12.9. The van der Waals surface area contributed by atoms with Gasteiger partial charge < -0.3 is 14.6 Å². The van der Waals surface area contributed by atoms with Gasteiger partial charge in [-0.1, -0.05) is 121 Å². The number of likely N-dealkylation sites (N-methyl/N-ethyl adjacent to an activating group) is 1. The first-order valence-corrected chi connectivity index (χ1v) is 17.3. The minimum atomic E-state index is -3.64. The number of aliphatic hydroxyl groups is 1. The molecule has 3 atom stereocenters. The highest BCUT2D eigenvalue weighted by Gasteiger charge is 2.33. The van der Waals surface area contributed by atoms with Gasteiger partial charge in [0.05, 0.1) is 23.7 Å². The smallest absolute Gasteiger partial charge is 0.240 e. The number of nitrogens with zero attached hydrogens (tertiary/aromatic N) is 1.